The Morgan fingerprint density at radius 3 is 2.53 bits per heavy atom. The molecule has 4 heteroatoms. The molecule has 88 valence electrons. The second kappa shape index (κ2) is 4.33. The first-order valence-corrected chi connectivity index (χ1v) is 5.40. The number of amides is 1. The molecule has 0 spiro atoms. The number of nitrogens with one attached hydrogen (secondary N) is 2. The predicted octanol–water partition coefficient (Wildman–Crippen LogP) is 1.93. The van der Waals surface area contributed by atoms with Crippen molar-refractivity contribution >= 4 is 11.6 Å². The summed E-state index contributed by atoms with van der Waals surface area (Å²) in [7, 11) is 1.59. The molecule has 0 saturated carbocycles. The zero-order valence-corrected chi connectivity index (χ0v) is 9.87. The number of nitrogen functional groups attached to an aromatic ring is 1. The molecule has 0 saturated heterocycles. The molecular weight excluding hydrogens is 214 g/mol. The molecule has 1 aromatic carbocycles. The van der Waals surface area contributed by atoms with Crippen LogP contribution in [-0.2, 0) is 0 Å². The maximum Gasteiger partial charge on any atom is 0.254 e. The van der Waals surface area contributed by atoms with E-state index in [1.54, 1.807) is 7.05 Å². The van der Waals surface area contributed by atoms with E-state index in [-0.39, 0.29) is 5.91 Å². The normalized spacial score (nSPS) is 10.2. The Hall–Kier alpha value is -2.23. The Kier molecular flexibility index (Phi) is 2.87. The summed E-state index contributed by atoms with van der Waals surface area (Å²) >= 11 is 0. The summed E-state index contributed by atoms with van der Waals surface area (Å²) in [6.45, 7) is 1.84. The molecular formula is C13H15N3O. The number of carbonyl (C=O) groups is 1. The van der Waals surface area contributed by atoms with Gasteiger partial charge in [0.05, 0.1) is 16.9 Å². The molecule has 17 heavy (non-hydrogen) atoms. The molecule has 4 nitrogen and oxygen atoms in total. The van der Waals surface area contributed by atoms with Gasteiger partial charge in [0.2, 0.25) is 0 Å². The largest absolute Gasteiger partial charge is 0.396 e. The van der Waals surface area contributed by atoms with E-state index >= 15 is 0 Å². The number of hydrogen-bond donors (Lipinski definition) is 3. The van der Waals surface area contributed by atoms with Crippen molar-refractivity contribution in [1.82, 2.24) is 10.3 Å². The van der Waals surface area contributed by atoms with Crippen LogP contribution in [0.3, 0.4) is 0 Å². The van der Waals surface area contributed by atoms with E-state index in [2.05, 4.69) is 10.3 Å². The fourth-order valence-electron chi connectivity index (χ4n) is 1.89. The molecule has 1 amide bonds. The standard InChI is InChI=1S/C13H15N3O/c1-8-10(13(17)15-2)11(14)12(16-8)9-6-4-3-5-7-9/h3-7,16H,14H2,1-2H3,(H,15,17). The quantitative estimate of drug-likeness (QED) is 0.736. The Bertz CT molecular complexity index is 543. The number of rotatable bonds is 2. The highest BCUT2D eigenvalue weighted by Gasteiger charge is 2.18. The van der Waals surface area contributed by atoms with Crippen molar-refractivity contribution in [3.8, 4) is 11.3 Å². The summed E-state index contributed by atoms with van der Waals surface area (Å²) in [6, 6.07) is 9.72. The molecule has 0 fully saturated rings. The first-order chi connectivity index (χ1) is 8.15. The molecule has 0 atom stereocenters. The summed E-state index contributed by atoms with van der Waals surface area (Å²) < 4.78 is 0. The lowest BCUT2D eigenvalue weighted by Crippen LogP contribution is -2.19. The van der Waals surface area contributed by atoms with Crippen LogP contribution >= 0.6 is 0 Å². The van der Waals surface area contributed by atoms with Gasteiger partial charge in [-0.3, -0.25) is 4.79 Å². The van der Waals surface area contributed by atoms with Crippen LogP contribution in [0.15, 0.2) is 30.3 Å². The van der Waals surface area contributed by atoms with Crippen molar-refractivity contribution in [2.75, 3.05) is 12.8 Å². The van der Waals surface area contributed by atoms with Crippen LogP contribution in [0.2, 0.25) is 0 Å². The number of carbonyl (C=O) groups excluding carboxylic acids is 1. The molecule has 0 aliphatic carbocycles. The Morgan fingerprint density at radius 1 is 1.29 bits per heavy atom. The number of H-pyrrole nitrogens is 1. The van der Waals surface area contributed by atoms with Crippen LogP contribution in [0.5, 0.6) is 0 Å². The molecule has 0 radical (unpaired) electrons. The second-order valence-corrected chi connectivity index (χ2v) is 3.86. The average Bonchev–Trinajstić information content (AvgIpc) is 2.65. The van der Waals surface area contributed by atoms with Crippen LogP contribution in [0.1, 0.15) is 16.1 Å². The summed E-state index contributed by atoms with van der Waals surface area (Å²) in [6.07, 6.45) is 0. The van der Waals surface area contributed by atoms with Gasteiger partial charge in [0.25, 0.3) is 5.91 Å². The topological polar surface area (TPSA) is 70.9 Å². The third-order valence-corrected chi connectivity index (χ3v) is 2.74. The van der Waals surface area contributed by atoms with E-state index in [0.29, 0.717) is 11.3 Å². The number of hydrogen-bond acceptors (Lipinski definition) is 2. The number of aromatic amines is 1. The van der Waals surface area contributed by atoms with Gasteiger partial charge in [-0.15, -0.1) is 0 Å². The second-order valence-electron chi connectivity index (χ2n) is 3.86. The van der Waals surface area contributed by atoms with E-state index in [0.717, 1.165) is 17.0 Å². The van der Waals surface area contributed by atoms with Gasteiger partial charge in [0.1, 0.15) is 0 Å². The van der Waals surface area contributed by atoms with Crippen LogP contribution in [0.25, 0.3) is 11.3 Å². The Balaban J connectivity index is 2.56. The molecule has 1 aromatic heterocycles. The van der Waals surface area contributed by atoms with E-state index in [1.165, 1.54) is 0 Å². The van der Waals surface area contributed by atoms with Crippen molar-refractivity contribution in [3.05, 3.63) is 41.6 Å². The molecule has 0 aliphatic heterocycles. The minimum Gasteiger partial charge on any atom is -0.396 e. The fraction of sp³-hybridized carbons (Fsp3) is 0.154. The smallest absolute Gasteiger partial charge is 0.254 e. The molecule has 0 aliphatic rings. The SMILES string of the molecule is CNC(=O)c1c(C)[nH]c(-c2ccccc2)c1N. The summed E-state index contributed by atoms with van der Waals surface area (Å²) in [5.41, 5.74) is 9.58. The van der Waals surface area contributed by atoms with Crippen LogP contribution < -0.4 is 11.1 Å². The highest BCUT2D eigenvalue weighted by atomic mass is 16.1. The van der Waals surface area contributed by atoms with Gasteiger partial charge >= 0.3 is 0 Å². The summed E-state index contributed by atoms with van der Waals surface area (Å²) in [4.78, 5) is 14.8. The van der Waals surface area contributed by atoms with Crippen LogP contribution in [0, 0.1) is 6.92 Å². The van der Waals surface area contributed by atoms with Gasteiger partial charge < -0.3 is 16.0 Å². The molecule has 2 aromatic rings. The van der Waals surface area contributed by atoms with Crippen molar-refractivity contribution in [2.24, 2.45) is 0 Å². The number of benzene rings is 1. The molecule has 0 bridgehead atoms. The van der Waals surface area contributed by atoms with Gasteiger partial charge in [-0.05, 0) is 6.92 Å². The number of nitrogens with two attached hydrogens (primary N) is 1. The zero-order chi connectivity index (χ0) is 12.4. The third-order valence-electron chi connectivity index (χ3n) is 2.74. The molecule has 2 rings (SSSR count). The minimum atomic E-state index is -0.168. The lowest BCUT2D eigenvalue weighted by molar-refractivity contribution is 0.0963. The molecule has 1 heterocycles. The van der Waals surface area contributed by atoms with Gasteiger partial charge in [-0.2, -0.15) is 0 Å². The lowest BCUT2D eigenvalue weighted by Gasteiger charge is -2.01. The van der Waals surface area contributed by atoms with E-state index in [9.17, 15) is 4.79 Å². The van der Waals surface area contributed by atoms with Crippen molar-refractivity contribution in [2.45, 2.75) is 6.92 Å². The van der Waals surface area contributed by atoms with Gasteiger partial charge in [-0.25, -0.2) is 0 Å². The van der Waals surface area contributed by atoms with Gasteiger partial charge in [0.15, 0.2) is 0 Å². The summed E-state index contributed by atoms with van der Waals surface area (Å²) in [5, 5.41) is 2.59. The zero-order valence-electron chi connectivity index (χ0n) is 9.87. The van der Waals surface area contributed by atoms with Crippen LogP contribution in [-0.4, -0.2) is 17.9 Å². The predicted molar refractivity (Wildman–Crippen MR) is 68.8 cm³/mol. The Labute approximate surface area is 99.8 Å². The maximum absolute atomic E-state index is 11.7. The van der Waals surface area contributed by atoms with E-state index in [4.69, 9.17) is 5.73 Å². The van der Waals surface area contributed by atoms with Crippen LogP contribution in [0.4, 0.5) is 5.69 Å². The van der Waals surface area contributed by atoms with Crippen molar-refractivity contribution in [3.63, 3.8) is 0 Å². The first kappa shape index (κ1) is 11.3. The number of anilines is 1. The van der Waals surface area contributed by atoms with Crippen molar-refractivity contribution in [1.29, 1.82) is 0 Å². The fourth-order valence-corrected chi connectivity index (χ4v) is 1.89. The lowest BCUT2D eigenvalue weighted by atomic mass is 10.1. The van der Waals surface area contributed by atoms with E-state index < -0.39 is 0 Å². The molecule has 0 unspecified atom stereocenters. The van der Waals surface area contributed by atoms with Gasteiger partial charge in [-0.1, -0.05) is 30.3 Å². The highest BCUT2D eigenvalue weighted by Crippen LogP contribution is 2.30. The average molecular weight is 229 g/mol. The first-order valence-electron chi connectivity index (χ1n) is 5.40. The third kappa shape index (κ3) is 1.89. The number of aryl methyl sites for hydroxylation is 1. The van der Waals surface area contributed by atoms with Gasteiger partial charge in [0, 0.05) is 18.3 Å². The molecule has 4 N–H and O–H groups in total. The maximum atomic E-state index is 11.7. The highest BCUT2D eigenvalue weighted by molar-refractivity contribution is 6.03. The number of aromatic nitrogens is 1. The minimum absolute atomic E-state index is 0.168. The summed E-state index contributed by atoms with van der Waals surface area (Å²) in [5.74, 6) is -0.168. The Morgan fingerprint density at radius 2 is 1.94 bits per heavy atom. The van der Waals surface area contributed by atoms with E-state index in [1.807, 2.05) is 37.3 Å². The van der Waals surface area contributed by atoms with Crippen molar-refractivity contribution < 1.29 is 4.79 Å². The monoisotopic (exact) mass is 229 g/mol.